The number of benzene rings is 2. The van der Waals surface area contributed by atoms with Crippen LogP contribution in [0.5, 0.6) is 11.5 Å². The number of anilines is 2. The van der Waals surface area contributed by atoms with E-state index in [-0.39, 0.29) is 28.6 Å². The van der Waals surface area contributed by atoms with Crippen LogP contribution in [0.1, 0.15) is 16.7 Å². The third-order valence-electron chi connectivity index (χ3n) is 4.91. The first-order valence-corrected chi connectivity index (χ1v) is 10.8. The highest BCUT2D eigenvalue weighted by atomic mass is 32.2. The summed E-state index contributed by atoms with van der Waals surface area (Å²) in [6.45, 7) is 1.90. The molecule has 0 saturated carbocycles. The number of aromatic amines is 1. The number of aromatic nitrogens is 1. The van der Waals surface area contributed by atoms with Crippen molar-refractivity contribution in [1.82, 2.24) is 0 Å². The van der Waals surface area contributed by atoms with Crippen molar-refractivity contribution in [2.75, 3.05) is 31.0 Å². The van der Waals surface area contributed by atoms with Gasteiger partial charge in [-0.3, -0.25) is 10.5 Å². The van der Waals surface area contributed by atoms with Crippen LogP contribution in [-0.2, 0) is 4.79 Å². The van der Waals surface area contributed by atoms with Gasteiger partial charge in [0.2, 0.25) is 5.91 Å². The summed E-state index contributed by atoms with van der Waals surface area (Å²) in [7, 11) is 3.02. The molecule has 1 amide bonds. The maximum absolute atomic E-state index is 12.5. The number of amides is 1. The predicted octanol–water partition coefficient (Wildman–Crippen LogP) is 3.55. The van der Waals surface area contributed by atoms with E-state index < -0.39 is 0 Å². The quantitative estimate of drug-likeness (QED) is 0.515. The number of nitrogens with two attached hydrogens (primary N) is 1. The summed E-state index contributed by atoms with van der Waals surface area (Å²) in [5.74, 6) is 0.860. The topological polar surface area (TPSA) is 135 Å². The number of para-hydroxylation sites is 1. The number of methoxy groups -OCH3 is 2. The molecule has 9 heteroatoms. The van der Waals surface area contributed by atoms with Crippen molar-refractivity contribution in [3.63, 3.8) is 0 Å². The normalized spacial score (nSPS) is 10.1. The maximum Gasteiger partial charge on any atom is 0.289 e. The molecule has 2 aromatic carbocycles. The molecule has 166 valence electrons. The number of hydrogen-bond acceptors (Lipinski definition) is 7. The van der Waals surface area contributed by atoms with E-state index in [1.165, 1.54) is 14.2 Å². The largest absolute Gasteiger partial charge is 0.493 e. The third-order valence-corrected chi connectivity index (χ3v) is 5.91. The number of rotatable bonds is 7. The second-order valence-electron chi connectivity index (χ2n) is 6.94. The molecule has 0 radical (unpaired) electrons. The van der Waals surface area contributed by atoms with Gasteiger partial charge in [0.25, 0.3) is 5.82 Å². The Bertz CT molecular complexity index is 1290. The standard InChI is InChI=1S/C24H21N5O3S/c1-14-6-4-5-7-18(14)28-21(30)13-33-24-17(12-26)22(16(11-25)23(27)29-24)15-8-9-19(31-2)20(10-15)32-3/h4-10H,13H2,1-3H3,(H2,27,29)(H,28,30)/p+1. The number of carbonyl (C=O) groups excluding carboxylic acids is 1. The van der Waals surface area contributed by atoms with Crippen LogP contribution in [0.3, 0.4) is 0 Å². The number of hydrogen-bond donors (Lipinski definition) is 2. The van der Waals surface area contributed by atoms with Gasteiger partial charge in [0.1, 0.15) is 23.3 Å². The Morgan fingerprint density at radius 3 is 2.42 bits per heavy atom. The maximum atomic E-state index is 12.5. The fourth-order valence-electron chi connectivity index (χ4n) is 3.27. The van der Waals surface area contributed by atoms with Crippen LogP contribution in [0, 0.1) is 29.6 Å². The molecule has 1 aromatic heterocycles. The number of aryl methyl sites for hydroxylation is 1. The second-order valence-corrected chi connectivity index (χ2v) is 7.92. The number of H-pyrrole nitrogens is 1. The molecule has 0 aliphatic carbocycles. The molecule has 0 fully saturated rings. The molecule has 1 heterocycles. The van der Waals surface area contributed by atoms with Gasteiger partial charge in [-0.05, 0) is 36.2 Å². The lowest BCUT2D eigenvalue weighted by Gasteiger charge is -2.13. The fraction of sp³-hybridized carbons (Fsp3) is 0.167. The number of carbonyl (C=O) groups is 1. The Kier molecular flexibility index (Phi) is 7.39. The van der Waals surface area contributed by atoms with Gasteiger partial charge >= 0.3 is 0 Å². The molecule has 8 nitrogen and oxygen atoms in total. The van der Waals surface area contributed by atoms with E-state index >= 15 is 0 Å². The lowest BCUT2D eigenvalue weighted by Crippen LogP contribution is -2.21. The van der Waals surface area contributed by atoms with Crippen LogP contribution < -0.4 is 25.5 Å². The van der Waals surface area contributed by atoms with Crippen molar-refractivity contribution in [3.8, 4) is 34.8 Å². The minimum absolute atomic E-state index is 0.0379. The molecule has 3 rings (SSSR count). The summed E-state index contributed by atoms with van der Waals surface area (Å²) in [6.07, 6.45) is 0. The first kappa shape index (κ1) is 23.5. The number of ether oxygens (including phenoxy) is 2. The molecule has 0 atom stereocenters. The van der Waals surface area contributed by atoms with Crippen LogP contribution in [0.2, 0.25) is 0 Å². The van der Waals surface area contributed by atoms with Gasteiger partial charge < -0.3 is 14.8 Å². The van der Waals surface area contributed by atoms with Crippen molar-refractivity contribution < 1.29 is 19.3 Å². The average molecular weight is 461 g/mol. The molecule has 0 aliphatic heterocycles. The van der Waals surface area contributed by atoms with Crippen molar-refractivity contribution >= 4 is 29.2 Å². The van der Waals surface area contributed by atoms with Crippen LogP contribution in [0.15, 0.2) is 47.5 Å². The molecule has 4 N–H and O–H groups in total. The van der Waals surface area contributed by atoms with E-state index in [1.807, 2.05) is 31.2 Å². The molecule has 0 bridgehead atoms. The smallest absolute Gasteiger partial charge is 0.289 e. The molecule has 0 unspecified atom stereocenters. The highest BCUT2D eigenvalue weighted by molar-refractivity contribution is 7.99. The van der Waals surface area contributed by atoms with E-state index in [1.54, 1.807) is 18.2 Å². The zero-order chi connectivity index (χ0) is 24.0. The van der Waals surface area contributed by atoms with Gasteiger partial charge in [0.05, 0.1) is 20.0 Å². The minimum Gasteiger partial charge on any atom is -0.493 e. The average Bonchev–Trinajstić information content (AvgIpc) is 2.83. The van der Waals surface area contributed by atoms with Gasteiger partial charge in [-0.2, -0.15) is 10.5 Å². The zero-order valence-corrected chi connectivity index (χ0v) is 19.2. The Morgan fingerprint density at radius 1 is 1.09 bits per heavy atom. The van der Waals surface area contributed by atoms with Crippen LogP contribution >= 0.6 is 11.8 Å². The number of nitrogen functional groups attached to an aromatic ring is 1. The summed E-state index contributed by atoms with van der Waals surface area (Å²) in [4.78, 5) is 15.4. The summed E-state index contributed by atoms with van der Waals surface area (Å²) in [5.41, 5.74) is 9.04. The summed E-state index contributed by atoms with van der Waals surface area (Å²) in [5, 5.41) is 22.9. The second kappa shape index (κ2) is 10.4. The van der Waals surface area contributed by atoms with E-state index in [0.29, 0.717) is 27.7 Å². The molecular formula is C24H22N5O3S+. The minimum atomic E-state index is -0.234. The Labute approximate surface area is 196 Å². The van der Waals surface area contributed by atoms with Gasteiger partial charge in [-0.15, -0.1) is 0 Å². The van der Waals surface area contributed by atoms with Crippen LogP contribution in [0.4, 0.5) is 11.5 Å². The van der Waals surface area contributed by atoms with Crippen molar-refractivity contribution in [1.29, 1.82) is 10.5 Å². The van der Waals surface area contributed by atoms with E-state index in [0.717, 1.165) is 23.0 Å². The van der Waals surface area contributed by atoms with Crippen molar-refractivity contribution in [3.05, 3.63) is 59.2 Å². The van der Waals surface area contributed by atoms with E-state index in [4.69, 9.17) is 15.2 Å². The Balaban J connectivity index is 1.99. The Morgan fingerprint density at radius 2 is 1.79 bits per heavy atom. The summed E-state index contributed by atoms with van der Waals surface area (Å²) in [6, 6.07) is 16.8. The van der Waals surface area contributed by atoms with Crippen LogP contribution in [0.25, 0.3) is 11.1 Å². The zero-order valence-electron chi connectivity index (χ0n) is 18.4. The first-order valence-electron chi connectivity index (χ1n) is 9.83. The SMILES string of the molecule is COc1ccc(-c2c(C#N)c(N)[nH+]c(SCC(=O)Nc3ccccc3C)c2C#N)cc1OC. The molecule has 33 heavy (non-hydrogen) atoms. The Hall–Kier alpha value is -4.21. The summed E-state index contributed by atoms with van der Waals surface area (Å²) >= 11 is 1.13. The van der Waals surface area contributed by atoms with Gasteiger partial charge in [-0.25, -0.2) is 4.98 Å². The molecule has 3 aromatic rings. The number of nitriles is 2. The number of pyridine rings is 1. The van der Waals surface area contributed by atoms with Crippen molar-refractivity contribution in [2.45, 2.75) is 11.9 Å². The van der Waals surface area contributed by atoms with Gasteiger partial charge in [0, 0.05) is 11.3 Å². The van der Waals surface area contributed by atoms with Gasteiger partial charge in [0.15, 0.2) is 16.5 Å². The van der Waals surface area contributed by atoms with E-state index in [2.05, 4.69) is 22.4 Å². The van der Waals surface area contributed by atoms with E-state index in [9.17, 15) is 15.3 Å². The van der Waals surface area contributed by atoms with Crippen molar-refractivity contribution in [2.24, 2.45) is 0 Å². The summed E-state index contributed by atoms with van der Waals surface area (Å²) < 4.78 is 10.6. The number of nitrogens with one attached hydrogen (secondary N) is 2. The third kappa shape index (κ3) is 5.00. The van der Waals surface area contributed by atoms with Gasteiger partial charge in [-0.1, -0.05) is 36.0 Å². The highest BCUT2D eigenvalue weighted by Gasteiger charge is 2.25. The number of thioether (sulfide) groups is 1. The molecule has 0 saturated heterocycles. The lowest BCUT2D eigenvalue weighted by atomic mass is 9.96. The van der Waals surface area contributed by atoms with Crippen LogP contribution in [-0.4, -0.2) is 25.9 Å². The first-order chi connectivity index (χ1) is 15.9. The molecule has 0 spiro atoms. The molecule has 0 aliphatic rings. The molecular weight excluding hydrogens is 438 g/mol. The fourth-order valence-corrected chi connectivity index (χ4v) is 4.09. The predicted molar refractivity (Wildman–Crippen MR) is 126 cm³/mol. The highest BCUT2D eigenvalue weighted by Crippen LogP contribution is 2.38. The monoisotopic (exact) mass is 460 g/mol. The lowest BCUT2D eigenvalue weighted by molar-refractivity contribution is -0.410. The number of nitrogens with zero attached hydrogens (tertiary/aromatic N) is 2.